The second-order valence-electron chi connectivity index (χ2n) is 5.74. The van der Waals surface area contributed by atoms with E-state index in [-0.39, 0.29) is 18.7 Å². The van der Waals surface area contributed by atoms with E-state index >= 15 is 0 Å². The zero-order valence-electron chi connectivity index (χ0n) is 11.3. The van der Waals surface area contributed by atoms with Crippen LogP contribution in [0, 0.1) is 0 Å². The van der Waals surface area contributed by atoms with Crippen molar-refractivity contribution in [2.24, 2.45) is 0 Å². The molecule has 0 aromatic heterocycles. The molecule has 1 fully saturated rings. The molecule has 0 radical (unpaired) electrons. The summed E-state index contributed by atoms with van der Waals surface area (Å²) in [7, 11) is -1.46. The molecule has 0 bridgehead atoms. The average Bonchev–Trinajstić information content (AvgIpc) is 2.72. The summed E-state index contributed by atoms with van der Waals surface area (Å²) in [5.74, 6) is 0. The van der Waals surface area contributed by atoms with Gasteiger partial charge in [0.1, 0.15) is 12.9 Å². The topological polar surface area (TPSA) is 46.6 Å². The van der Waals surface area contributed by atoms with Gasteiger partial charge >= 0.3 is 6.09 Å². The molecule has 102 valence electrons. The van der Waals surface area contributed by atoms with Crippen molar-refractivity contribution in [3.05, 3.63) is 35.9 Å². The largest absolute Gasteiger partial charge is 0.445 e. The molecule has 0 aliphatic carbocycles. The summed E-state index contributed by atoms with van der Waals surface area (Å²) in [6, 6.07) is 10.1. The summed E-state index contributed by atoms with van der Waals surface area (Å²) in [5.41, 5.74) is 0.953. The number of carbonyl (C=O) groups excluding carboxylic acids is 2. The number of aldehydes is 1. The summed E-state index contributed by atoms with van der Waals surface area (Å²) in [4.78, 5) is 24.7. The third-order valence-electron chi connectivity index (χ3n) is 3.36. The molecule has 1 atom stereocenters. The minimum Gasteiger partial charge on any atom is -0.445 e. The third-order valence-corrected chi connectivity index (χ3v) is 6.08. The van der Waals surface area contributed by atoms with Crippen molar-refractivity contribution in [1.29, 1.82) is 0 Å². The second-order valence-corrected chi connectivity index (χ2v) is 10.8. The van der Waals surface area contributed by atoms with E-state index < -0.39 is 8.07 Å². The molecule has 2 rings (SSSR count). The lowest BCUT2D eigenvalue weighted by molar-refractivity contribution is -0.111. The summed E-state index contributed by atoms with van der Waals surface area (Å²) >= 11 is 0. The van der Waals surface area contributed by atoms with Crippen LogP contribution >= 0.6 is 0 Å². The summed E-state index contributed by atoms with van der Waals surface area (Å²) < 4.78 is 5.29. The Hall–Kier alpha value is -1.62. The SMILES string of the molecule is C[Si]1(C)CC(C=O)N(C(=O)OCc2ccccc2)C1. The minimum atomic E-state index is -1.46. The van der Waals surface area contributed by atoms with Crippen molar-refractivity contribution >= 4 is 20.5 Å². The first-order valence-corrected chi connectivity index (χ1v) is 9.86. The van der Waals surface area contributed by atoms with Gasteiger partial charge in [-0.3, -0.25) is 0 Å². The molecule has 5 heteroatoms. The van der Waals surface area contributed by atoms with Gasteiger partial charge in [0.15, 0.2) is 0 Å². The van der Waals surface area contributed by atoms with Crippen LogP contribution in [-0.2, 0) is 16.1 Å². The number of amides is 1. The first kappa shape index (κ1) is 13.8. The van der Waals surface area contributed by atoms with Crippen LogP contribution in [0.5, 0.6) is 0 Å². The molecule has 1 aromatic rings. The predicted octanol–water partition coefficient (Wildman–Crippen LogP) is 2.45. The van der Waals surface area contributed by atoms with E-state index in [1.807, 2.05) is 30.3 Å². The molecular weight excluding hydrogens is 258 g/mol. The predicted molar refractivity (Wildman–Crippen MR) is 75.5 cm³/mol. The number of rotatable bonds is 3. The van der Waals surface area contributed by atoms with Crippen molar-refractivity contribution in [2.45, 2.75) is 31.8 Å². The van der Waals surface area contributed by atoms with Gasteiger partial charge < -0.3 is 14.4 Å². The van der Waals surface area contributed by atoms with Crippen LogP contribution in [0.4, 0.5) is 4.79 Å². The van der Waals surface area contributed by atoms with E-state index in [0.717, 1.165) is 17.9 Å². The lowest BCUT2D eigenvalue weighted by Crippen LogP contribution is -2.38. The first-order valence-electron chi connectivity index (χ1n) is 6.44. The molecular formula is C14H19NO3Si. The highest BCUT2D eigenvalue weighted by molar-refractivity contribution is 6.78. The second kappa shape index (κ2) is 5.57. The number of ether oxygens (including phenoxy) is 1. The van der Waals surface area contributed by atoms with E-state index in [9.17, 15) is 9.59 Å². The van der Waals surface area contributed by atoms with Gasteiger partial charge in [-0.1, -0.05) is 43.4 Å². The normalized spacial score (nSPS) is 21.2. The number of hydrogen-bond acceptors (Lipinski definition) is 3. The zero-order valence-corrected chi connectivity index (χ0v) is 12.3. The van der Waals surface area contributed by atoms with Crippen molar-refractivity contribution in [1.82, 2.24) is 4.90 Å². The average molecular weight is 277 g/mol. The number of carbonyl (C=O) groups is 2. The van der Waals surface area contributed by atoms with Crippen LogP contribution in [0.15, 0.2) is 30.3 Å². The first-order chi connectivity index (χ1) is 9.02. The van der Waals surface area contributed by atoms with Crippen LogP contribution in [0.3, 0.4) is 0 Å². The molecule has 1 aliphatic rings. The maximum absolute atomic E-state index is 12.0. The van der Waals surface area contributed by atoms with E-state index in [1.54, 1.807) is 4.90 Å². The molecule has 1 unspecified atom stereocenters. The monoisotopic (exact) mass is 277 g/mol. The van der Waals surface area contributed by atoms with Crippen molar-refractivity contribution < 1.29 is 14.3 Å². The lowest BCUT2D eigenvalue weighted by atomic mass is 10.2. The van der Waals surface area contributed by atoms with Gasteiger partial charge in [0.2, 0.25) is 0 Å². The molecule has 1 aliphatic heterocycles. The van der Waals surface area contributed by atoms with Gasteiger partial charge in [-0.05, 0) is 11.6 Å². The standard InChI is InChI=1S/C14H19NO3Si/c1-19(2)10-13(8-16)15(11-19)14(17)18-9-12-6-4-3-5-7-12/h3-8,13H,9-11H2,1-2H3. The fourth-order valence-corrected chi connectivity index (χ4v) is 5.31. The molecule has 1 aromatic carbocycles. The van der Waals surface area contributed by atoms with Gasteiger partial charge in [0.05, 0.1) is 14.1 Å². The van der Waals surface area contributed by atoms with Gasteiger partial charge in [0.25, 0.3) is 0 Å². The summed E-state index contributed by atoms with van der Waals surface area (Å²) in [6.45, 7) is 4.63. The molecule has 4 nitrogen and oxygen atoms in total. The van der Waals surface area contributed by atoms with Crippen molar-refractivity contribution in [2.75, 3.05) is 6.17 Å². The molecule has 1 heterocycles. The number of hydrogen-bond donors (Lipinski definition) is 0. The minimum absolute atomic E-state index is 0.254. The van der Waals surface area contributed by atoms with E-state index in [1.165, 1.54) is 0 Å². The number of nitrogens with zero attached hydrogens (tertiary/aromatic N) is 1. The number of benzene rings is 1. The van der Waals surface area contributed by atoms with Crippen LogP contribution < -0.4 is 0 Å². The fourth-order valence-electron chi connectivity index (χ4n) is 2.44. The van der Waals surface area contributed by atoms with E-state index in [4.69, 9.17) is 4.74 Å². The van der Waals surface area contributed by atoms with Gasteiger partial charge in [-0.15, -0.1) is 0 Å². The Morgan fingerprint density at radius 3 is 2.74 bits per heavy atom. The Labute approximate surface area is 114 Å². The third kappa shape index (κ3) is 3.44. The summed E-state index contributed by atoms with van der Waals surface area (Å²) in [5, 5.41) is 0. The molecule has 19 heavy (non-hydrogen) atoms. The highest BCUT2D eigenvalue weighted by Crippen LogP contribution is 2.26. The van der Waals surface area contributed by atoms with Gasteiger partial charge in [0, 0.05) is 6.17 Å². The Bertz CT molecular complexity index is 461. The Kier molecular flexibility index (Phi) is 4.04. The quantitative estimate of drug-likeness (QED) is 0.630. The lowest BCUT2D eigenvalue weighted by Gasteiger charge is -2.20. The van der Waals surface area contributed by atoms with Crippen LogP contribution in [0.2, 0.25) is 19.1 Å². The Balaban J connectivity index is 1.94. The van der Waals surface area contributed by atoms with Crippen molar-refractivity contribution in [3.8, 4) is 0 Å². The molecule has 0 saturated carbocycles. The maximum atomic E-state index is 12.0. The van der Waals surface area contributed by atoms with Crippen LogP contribution in [0.1, 0.15) is 5.56 Å². The Morgan fingerprint density at radius 1 is 1.42 bits per heavy atom. The fraction of sp³-hybridized carbons (Fsp3) is 0.429. The van der Waals surface area contributed by atoms with E-state index in [2.05, 4.69) is 13.1 Å². The van der Waals surface area contributed by atoms with Gasteiger partial charge in [-0.2, -0.15) is 0 Å². The van der Waals surface area contributed by atoms with Gasteiger partial charge in [-0.25, -0.2) is 4.79 Å². The molecule has 0 spiro atoms. The Morgan fingerprint density at radius 2 is 2.11 bits per heavy atom. The zero-order chi connectivity index (χ0) is 13.9. The van der Waals surface area contributed by atoms with Crippen molar-refractivity contribution in [3.63, 3.8) is 0 Å². The molecule has 0 N–H and O–H groups in total. The smallest absolute Gasteiger partial charge is 0.410 e. The molecule has 1 amide bonds. The van der Waals surface area contributed by atoms with Crippen LogP contribution in [-0.4, -0.2) is 37.6 Å². The van der Waals surface area contributed by atoms with Crippen LogP contribution in [0.25, 0.3) is 0 Å². The van der Waals surface area contributed by atoms with E-state index in [0.29, 0.717) is 6.17 Å². The highest BCUT2D eigenvalue weighted by atomic mass is 28.3. The maximum Gasteiger partial charge on any atom is 0.410 e. The summed E-state index contributed by atoms with van der Waals surface area (Å²) in [6.07, 6.45) is 1.19. The molecule has 1 saturated heterocycles. The highest BCUT2D eigenvalue weighted by Gasteiger charge is 2.41.